The average molecular weight is 763 g/mol. The van der Waals surface area contributed by atoms with E-state index in [4.69, 9.17) is 26.4 Å². The summed E-state index contributed by atoms with van der Waals surface area (Å²) < 4.78 is 19.1. The number of hydrazone groups is 1. The lowest BCUT2D eigenvalue weighted by Crippen LogP contribution is -2.45. The quantitative estimate of drug-likeness (QED) is 0.0772. The first-order valence-corrected chi connectivity index (χ1v) is 15.2. The van der Waals surface area contributed by atoms with Crippen molar-refractivity contribution in [2.24, 2.45) is 5.10 Å². The highest BCUT2D eigenvalue weighted by molar-refractivity contribution is 14.1. The number of ether oxygens (including phenoxy) is 3. The molecule has 0 saturated carbocycles. The Kier molecular flexibility index (Phi) is 11.3. The molecule has 0 saturated heterocycles. The minimum atomic E-state index is -0.621. The molecule has 0 aromatic heterocycles. The highest BCUT2D eigenvalue weighted by Crippen LogP contribution is 2.33. The van der Waals surface area contributed by atoms with E-state index in [0.29, 0.717) is 45.6 Å². The molecule has 1 aliphatic rings. The Morgan fingerprint density at radius 3 is 2.62 bits per heavy atom. The molecule has 0 bridgehead atoms. The van der Waals surface area contributed by atoms with Crippen LogP contribution in [0.15, 0.2) is 87.6 Å². The van der Waals surface area contributed by atoms with E-state index in [1.54, 1.807) is 32.0 Å². The molecule has 1 atom stereocenters. The zero-order valence-corrected chi connectivity index (χ0v) is 27.3. The maximum Gasteiger partial charge on any atom is 0.338 e. The summed E-state index contributed by atoms with van der Waals surface area (Å²) in [7, 11) is 0. The van der Waals surface area contributed by atoms with Crippen molar-refractivity contribution in [1.29, 1.82) is 0 Å². The normalized spacial score (nSPS) is 14.7. The molecule has 0 aliphatic carbocycles. The van der Waals surface area contributed by atoms with Crippen LogP contribution in [0.25, 0.3) is 0 Å². The summed E-state index contributed by atoms with van der Waals surface area (Å²) >= 11 is 11.0. The Hall–Kier alpha value is -3.49. The molecule has 0 unspecified atom stereocenters. The topological polar surface area (TPSA) is 110 Å². The summed E-state index contributed by atoms with van der Waals surface area (Å²) in [6.07, 6.45) is 1.51. The number of halogens is 2. The van der Waals surface area contributed by atoms with Crippen molar-refractivity contribution in [1.82, 2.24) is 16.1 Å². The fraction of sp³-hybridized carbons (Fsp3) is 0.200. The molecule has 1 amide bonds. The van der Waals surface area contributed by atoms with Crippen molar-refractivity contribution in [2.45, 2.75) is 26.5 Å². The van der Waals surface area contributed by atoms with Gasteiger partial charge in [-0.15, -0.1) is 0 Å². The van der Waals surface area contributed by atoms with E-state index in [0.717, 1.165) is 13.6 Å². The molecule has 218 valence electrons. The first kappa shape index (κ1) is 31.4. The van der Waals surface area contributed by atoms with Gasteiger partial charge in [0.25, 0.3) is 5.91 Å². The molecule has 0 spiro atoms. The second-order valence-corrected chi connectivity index (χ2v) is 11.6. The second kappa shape index (κ2) is 15.1. The lowest BCUT2D eigenvalue weighted by Gasteiger charge is -2.30. The van der Waals surface area contributed by atoms with Gasteiger partial charge in [-0.1, -0.05) is 46.3 Å². The summed E-state index contributed by atoms with van der Waals surface area (Å²) in [5.74, 6) is 0.0853. The SMILES string of the molecule is CCOC(=O)C1=C(C)NC(=S)N[C@@H]1c1ccccc1OCC(=O)NN=Cc1cc(Br)ccc1OCc1ccc(I)cc1. The fourth-order valence-corrected chi connectivity index (χ4v) is 5.11. The lowest BCUT2D eigenvalue weighted by atomic mass is 9.95. The maximum atomic E-state index is 12.7. The molecule has 0 fully saturated rings. The van der Waals surface area contributed by atoms with E-state index in [2.05, 4.69) is 59.7 Å². The number of rotatable bonds is 11. The third-order valence-corrected chi connectivity index (χ3v) is 7.46. The largest absolute Gasteiger partial charge is 0.488 e. The van der Waals surface area contributed by atoms with Gasteiger partial charge in [-0.2, -0.15) is 5.10 Å². The summed E-state index contributed by atoms with van der Waals surface area (Å²) in [6, 6.07) is 20.1. The minimum Gasteiger partial charge on any atom is -0.488 e. The number of esters is 1. The van der Waals surface area contributed by atoms with Gasteiger partial charge in [0.05, 0.1) is 24.4 Å². The first-order chi connectivity index (χ1) is 20.2. The van der Waals surface area contributed by atoms with E-state index in [9.17, 15) is 9.59 Å². The maximum absolute atomic E-state index is 12.7. The molecule has 4 rings (SSSR count). The van der Waals surface area contributed by atoms with E-state index in [1.165, 1.54) is 6.21 Å². The summed E-state index contributed by atoms with van der Waals surface area (Å²) in [5, 5.41) is 10.5. The van der Waals surface area contributed by atoms with Gasteiger partial charge in [-0.25, -0.2) is 10.2 Å². The lowest BCUT2D eigenvalue weighted by molar-refractivity contribution is -0.139. The molecule has 1 heterocycles. The molecule has 42 heavy (non-hydrogen) atoms. The Morgan fingerprint density at radius 2 is 1.86 bits per heavy atom. The number of amides is 1. The summed E-state index contributed by atoms with van der Waals surface area (Å²) in [5.41, 5.74) is 5.80. The molecule has 3 aromatic carbocycles. The van der Waals surface area contributed by atoms with Crippen LogP contribution in [0.1, 0.15) is 36.6 Å². The third-order valence-electron chi connectivity index (χ3n) is 6.03. The van der Waals surface area contributed by atoms with Crippen LogP contribution >= 0.6 is 50.7 Å². The van der Waals surface area contributed by atoms with Crippen LogP contribution in [0.3, 0.4) is 0 Å². The number of thiocarbonyl (C=S) groups is 1. The van der Waals surface area contributed by atoms with E-state index >= 15 is 0 Å². The number of nitrogens with zero attached hydrogens (tertiary/aromatic N) is 1. The van der Waals surface area contributed by atoms with Crippen LogP contribution in [-0.4, -0.2) is 36.4 Å². The van der Waals surface area contributed by atoms with Crippen LogP contribution in [0.5, 0.6) is 11.5 Å². The molecule has 12 heteroatoms. The summed E-state index contributed by atoms with van der Waals surface area (Å²) in [6.45, 7) is 3.81. The average Bonchev–Trinajstić information content (AvgIpc) is 2.96. The first-order valence-electron chi connectivity index (χ1n) is 12.9. The van der Waals surface area contributed by atoms with Crippen molar-refractivity contribution in [3.63, 3.8) is 0 Å². The number of benzene rings is 3. The van der Waals surface area contributed by atoms with Crippen molar-refractivity contribution in [3.05, 3.63) is 103 Å². The van der Waals surface area contributed by atoms with Crippen molar-refractivity contribution < 1.29 is 23.8 Å². The predicted molar refractivity (Wildman–Crippen MR) is 176 cm³/mol. The second-order valence-electron chi connectivity index (χ2n) is 9.01. The molecule has 1 aliphatic heterocycles. The van der Waals surface area contributed by atoms with Crippen LogP contribution in [0, 0.1) is 3.57 Å². The standard InChI is InChI=1S/C30H28BrIN4O5S/c1-3-39-29(38)27-18(2)34-30(42)35-28(27)23-6-4-5-7-25(23)41-17-26(37)36-33-15-20-14-21(31)10-13-24(20)40-16-19-8-11-22(32)12-9-19/h4-15,28H,3,16-17H2,1-2H3,(H,36,37)(H2,34,35,42)/t28-/m1/s1. The van der Waals surface area contributed by atoms with Crippen molar-refractivity contribution in [3.8, 4) is 11.5 Å². The molecule has 9 nitrogen and oxygen atoms in total. The Bertz CT molecular complexity index is 1530. The van der Waals surface area contributed by atoms with Crippen molar-refractivity contribution in [2.75, 3.05) is 13.2 Å². The van der Waals surface area contributed by atoms with Gasteiger partial charge >= 0.3 is 5.97 Å². The van der Waals surface area contributed by atoms with Gasteiger partial charge in [0.1, 0.15) is 18.1 Å². The number of carbonyl (C=O) groups excluding carboxylic acids is 2. The third kappa shape index (κ3) is 8.52. The number of hydrogen-bond acceptors (Lipinski definition) is 7. The van der Waals surface area contributed by atoms with E-state index in [1.807, 2.05) is 48.5 Å². The number of nitrogens with one attached hydrogen (secondary N) is 3. The van der Waals surface area contributed by atoms with Gasteiger partial charge in [0.15, 0.2) is 11.7 Å². The van der Waals surface area contributed by atoms with E-state index in [-0.39, 0.29) is 13.2 Å². The monoisotopic (exact) mass is 762 g/mol. The van der Waals surface area contributed by atoms with Gasteiger partial charge in [-0.3, -0.25) is 4.79 Å². The zero-order chi connectivity index (χ0) is 30.1. The smallest absolute Gasteiger partial charge is 0.338 e. The van der Waals surface area contributed by atoms with Gasteiger partial charge in [0, 0.05) is 24.9 Å². The highest BCUT2D eigenvalue weighted by atomic mass is 127. The minimum absolute atomic E-state index is 0.228. The Balaban J connectivity index is 1.41. The van der Waals surface area contributed by atoms with Gasteiger partial charge < -0.3 is 24.8 Å². The number of hydrogen-bond donors (Lipinski definition) is 3. The number of allylic oxidation sites excluding steroid dienone is 1. The number of para-hydroxylation sites is 1. The zero-order valence-electron chi connectivity index (χ0n) is 22.8. The van der Waals surface area contributed by atoms with Crippen LogP contribution in [0.4, 0.5) is 0 Å². The fourth-order valence-electron chi connectivity index (χ4n) is 4.10. The molecule has 3 N–H and O–H groups in total. The predicted octanol–water partition coefficient (Wildman–Crippen LogP) is 5.52. The van der Waals surface area contributed by atoms with Gasteiger partial charge in [-0.05, 0) is 90.6 Å². The summed E-state index contributed by atoms with van der Waals surface area (Å²) in [4.78, 5) is 25.4. The Morgan fingerprint density at radius 1 is 1.10 bits per heavy atom. The van der Waals surface area contributed by atoms with Gasteiger partial charge in [0.2, 0.25) is 0 Å². The number of carbonyl (C=O) groups is 2. The molecular weight excluding hydrogens is 735 g/mol. The van der Waals surface area contributed by atoms with Crippen LogP contribution in [-0.2, 0) is 20.9 Å². The van der Waals surface area contributed by atoms with Crippen molar-refractivity contribution >= 4 is 73.9 Å². The molecule has 3 aromatic rings. The van der Waals surface area contributed by atoms with E-state index < -0.39 is 17.9 Å². The van der Waals surface area contributed by atoms with Crippen LogP contribution in [0.2, 0.25) is 0 Å². The highest BCUT2D eigenvalue weighted by Gasteiger charge is 2.32. The van der Waals surface area contributed by atoms with Crippen LogP contribution < -0.4 is 25.5 Å². The molecular formula is C30H28BrIN4O5S. The Labute approximate surface area is 271 Å². The molecule has 0 radical (unpaired) electrons.